The van der Waals surface area contributed by atoms with Crippen LogP contribution in [-0.2, 0) is 19.1 Å². The maximum absolute atomic E-state index is 12.6. The number of hydrogen-bond acceptors (Lipinski definition) is 10. The van der Waals surface area contributed by atoms with Crippen LogP contribution in [0.1, 0.15) is 13.8 Å². The molecule has 2 aromatic carbocycles. The fraction of sp³-hybridized carbons (Fsp3) is 0.250. The van der Waals surface area contributed by atoms with Gasteiger partial charge < -0.3 is 30.3 Å². The fourth-order valence-corrected chi connectivity index (χ4v) is 5.71. The number of carbonyl (C=O) groups is 2. The summed E-state index contributed by atoms with van der Waals surface area (Å²) in [4.78, 5) is 40.7. The number of nitrogens with zero attached hydrogens (tertiary/aromatic N) is 2. The Morgan fingerprint density at radius 1 is 1.08 bits per heavy atom. The predicted molar refractivity (Wildman–Crippen MR) is 136 cm³/mol. The van der Waals surface area contributed by atoms with Gasteiger partial charge in [0.15, 0.2) is 15.9 Å². The molecule has 0 bridgehead atoms. The number of hydrogen-bond donors (Lipinski definition) is 4. The molecule has 1 aliphatic heterocycles. The summed E-state index contributed by atoms with van der Waals surface area (Å²) >= 11 is 2.31. The number of para-hydroxylation sites is 4. The van der Waals surface area contributed by atoms with Crippen molar-refractivity contribution in [3.63, 3.8) is 0 Å². The first-order valence-corrected chi connectivity index (χ1v) is 12.8. The maximum Gasteiger partial charge on any atom is 0.375 e. The summed E-state index contributed by atoms with van der Waals surface area (Å²) in [6, 6.07) is 15.0. The standard InChI is InChI=1S/C24H23N5O5S2/c1-23(2,25)20(32)33-11-24(12-35-21-26-13-7-3-4-8-14(13)27-21)18(17(30)19(31)34-24)36-22-28-15-9-5-6-10-16(15)29-22/h3-10,30H,11-12,25H2,1-2H3,(H,26,27)(H,28,29). The van der Waals surface area contributed by atoms with E-state index < -0.39 is 28.8 Å². The average Bonchev–Trinajstić information content (AvgIpc) is 3.51. The molecule has 0 spiro atoms. The van der Waals surface area contributed by atoms with E-state index in [4.69, 9.17) is 15.2 Å². The van der Waals surface area contributed by atoms with Gasteiger partial charge in [0.1, 0.15) is 12.1 Å². The minimum atomic E-state index is -1.49. The van der Waals surface area contributed by atoms with Crippen molar-refractivity contribution in [1.82, 2.24) is 19.9 Å². The summed E-state index contributed by atoms with van der Waals surface area (Å²) < 4.78 is 11.2. The number of benzene rings is 2. The summed E-state index contributed by atoms with van der Waals surface area (Å²) in [7, 11) is 0. The zero-order valence-corrected chi connectivity index (χ0v) is 21.0. The van der Waals surface area contributed by atoms with Gasteiger partial charge in [-0.2, -0.15) is 0 Å². The second-order valence-corrected chi connectivity index (χ2v) is 10.8. The highest BCUT2D eigenvalue weighted by Gasteiger charge is 2.51. The zero-order valence-electron chi connectivity index (χ0n) is 19.4. The molecule has 2 aromatic heterocycles. The van der Waals surface area contributed by atoms with E-state index >= 15 is 0 Å². The number of nitrogens with two attached hydrogens (primary N) is 1. The lowest BCUT2D eigenvalue weighted by atomic mass is 10.1. The van der Waals surface area contributed by atoms with Gasteiger partial charge in [-0.15, -0.1) is 0 Å². The number of nitrogens with one attached hydrogen (secondary N) is 2. The van der Waals surface area contributed by atoms with E-state index in [0.29, 0.717) is 10.3 Å². The highest BCUT2D eigenvalue weighted by Crippen LogP contribution is 2.45. The van der Waals surface area contributed by atoms with E-state index in [-0.39, 0.29) is 17.3 Å². The maximum atomic E-state index is 12.6. The largest absolute Gasteiger partial charge is 0.501 e. The van der Waals surface area contributed by atoms with E-state index in [1.54, 1.807) is 0 Å². The normalized spacial score (nSPS) is 18.2. The lowest BCUT2D eigenvalue weighted by Gasteiger charge is -2.30. The first-order valence-electron chi connectivity index (χ1n) is 11.0. The Bertz CT molecular complexity index is 1440. The zero-order chi connectivity index (χ0) is 25.5. The smallest absolute Gasteiger partial charge is 0.375 e. The lowest BCUT2D eigenvalue weighted by molar-refractivity contribution is -0.162. The number of aliphatic hydroxyl groups excluding tert-OH is 1. The Kier molecular flexibility index (Phi) is 6.18. The van der Waals surface area contributed by atoms with Gasteiger partial charge in [0.2, 0.25) is 5.76 Å². The van der Waals surface area contributed by atoms with Crippen molar-refractivity contribution >= 4 is 57.5 Å². The molecule has 5 N–H and O–H groups in total. The number of thioether (sulfide) groups is 2. The van der Waals surface area contributed by atoms with Crippen LogP contribution in [0.2, 0.25) is 0 Å². The molecule has 1 unspecified atom stereocenters. The van der Waals surface area contributed by atoms with Crippen LogP contribution in [0.3, 0.4) is 0 Å². The molecule has 36 heavy (non-hydrogen) atoms. The van der Waals surface area contributed by atoms with Crippen molar-refractivity contribution in [3.05, 3.63) is 59.2 Å². The number of aromatic amines is 2. The topological polar surface area (TPSA) is 156 Å². The van der Waals surface area contributed by atoms with Crippen molar-refractivity contribution in [1.29, 1.82) is 0 Å². The van der Waals surface area contributed by atoms with Gasteiger partial charge in [-0.05, 0) is 49.9 Å². The van der Waals surface area contributed by atoms with Gasteiger partial charge in [0.05, 0.1) is 27.0 Å². The van der Waals surface area contributed by atoms with Gasteiger partial charge in [-0.1, -0.05) is 36.0 Å². The number of H-pyrrole nitrogens is 2. The molecule has 10 nitrogen and oxygen atoms in total. The summed E-state index contributed by atoms with van der Waals surface area (Å²) in [6.07, 6.45) is 0. The molecule has 4 aromatic rings. The molecule has 0 aliphatic carbocycles. The first kappa shape index (κ1) is 24.2. The molecule has 1 atom stereocenters. The summed E-state index contributed by atoms with van der Waals surface area (Å²) in [5.74, 6) is -2.05. The third-order valence-electron chi connectivity index (χ3n) is 5.45. The average molecular weight is 526 g/mol. The van der Waals surface area contributed by atoms with E-state index in [1.165, 1.54) is 25.6 Å². The molecule has 0 saturated carbocycles. The van der Waals surface area contributed by atoms with Crippen LogP contribution in [0.4, 0.5) is 0 Å². The number of rotatable bonds is 8. The molecular weight excluding hydrogens is 502 g/mol. The van der Waals surface area contributed by atoms with Crippen molar-refractivity contribution in [2.45, 2.75) is 35.3 Å². The van der Waals surface area contributed by atoms with Crippen molar-refractivity contribution in [2.24, 2.45) is 5.73 Å². The summed E-state index contributed by atoms with van der Waals surface area (Å²) in [5.41, 5.74) is 6.29. The van der Waals surface area contributed by atoms with Gasteiger partial charge in [0, 0.05) is 5.75 Å². The number of imidazole rings is 2. The number of esters is 2. The molecule has 0 saturated heterocycles. The van der Waals surface area contributed by atoms with Crippen LogP contribution >= 0.6 is 23.5 Å². The molecule has 0 fully saturated rings. The van der Waals surface area contributed by atoms with Crippen molar-refractivity contribution in [3.8, 4) is 0 Å². The molecule has 0 radical (unpaired) electrons. The van der Waals surface area contributed by atoms with Crippen LogP contribution in [-0.4, -0.2) is 60.5 Å². The Balaban J connectivity index is 1.47. The second kappa shape index (κ2) is 9.19. The highest BCUT2D eigenvalue weighted by molar-refractivity contribution is 8.03. The van der Waals surface area contributed by atoms with Crippen molar-refractivity contribution in [2.75, 3.05) is 12.4 Å². The minimum Gasteiger partial charge on any atom is -0.501 e. The van der Waals surface area contributed by atoms with Gasteiger partial charge in [-0.3, -0.25) is 4.79 Å². The molecule has 3 heterocycles. The third-order valence-corrected chi connectivity index (χ3v) is 7.68. The Labute approximate surface area is 214 Å². The first-order chi connectivity index (χ1) is 17.1. The van der Waals surface area contributed by atoms with Crippen molar-refractivity contribution < 1.29 is 24.2 Å². The fourth-order valence-electron chi connectivity index (χ4n) is 3.58. The van der Waals surface area contributed by atoms with E-state index in [9.17, 15) is 14.7 Å². The van der Waals surface area contributed by atoms with Gasteiger partial charge in [-0.25, -0.2) is 14.8 Å². The van der Waals surface area contributed by atoms with Crippen LogP contribution < -0.4 is 5.73 Å². The SMILES string of the molecule is CC(C)(N)C(=O)OCC1(CSc2nc3ccccc3[nH]2)OC(=O)C(O)=C1Sc1nc2ccccc2[nH]1. The third kappa shape index (κ3) is 4.66. The van der Waals surface area contributed by atoms with Crippen LogP contribution in [0.25, 0.3) is 22.1 Å². The van der Waals surface area contributed by atoms with E-state index in [1.807, 2.05) is 48.5 Å². The molecule has 0 amide bonds. The number of ether oxygens (including phenoxy) is 2. The number of aliphatic hydroxyl groups is 1. The number of aromatic nitrogens is 4. The monoisotopic (exact) mass is 525 g/mol. The molecule has 1 aliphatic rings. The Hall–Kier alpha value is -3.48. The molecular formula is C24H23N5O5S2. The van der Waals surface area contributed by atoms with Crippen LogP contribution in [0, 0.1) is 0 Å². The highest BCUT2D eigenvalue weighted by atomic mass is 32.2. The second-order valence-electron chi connectivity index (χ2n) is 8.87. The number of fused-ring (bicyclic) bond motifs is 2. The number of carbonyl (C=O) groups excluding carboxylic acids is 2. The summed E-state index contributed by atoms with van der Waals surface area (Å²) in [6.45, 7) is 2.68. The van der Waals surface area contributed by atoms with Gasteiger partial charge in [0.25, 0.3) is 0 Å². The number of cyclic esters (lactones) is 1. The minimum absolute atomic E-state index is 0.101. The summed E-state index contributed by atoms with van der Waals surface area (Å²) in [5, 5.41) is 11.7. The predicted octanol–water partition coefficient (Wildman–Crippen LogP) is 3.67. The molecule has 5 rings (SSSR count). The molecule has 12 heteroatoms. The lowest BCUT2D eigenvalue weighted by Crippen LogP contribution is -2.47. The van der Waals surface area contributed by atoms with Crippen LogP contribution in [0.5, 0.6) is 0 Å². The van der Waals surface area contributed by atoms with Gasteiger partial charge >= 0.3 is 11.9 Å². The quantitative estimate of drug-likeness (QED) is 0.198. The van der Waals surface area contributed by atoms with Crippen LogP contribution in [0.15, 0.2) is 69.5 Å². The van der Waals surface area contributed by atoms with E-state index in [2.05, 4.69) is 19.9 Å². The van der Waals surface area contributed by atoms with E-state index in [0.717, 1.165) is 33.8 Å². The Morgan fingerprint density at radius 3 is 2.28 bits per heavy atom. The molecule has 186 valence electrons. The Morgan fingerprint density at radius 2 is 1.67 bits per heavy atom.